The Kier molecular flexibility index (Phi) is 5.36. The smallest absolute Gasteiger partial charge is 0.231 e. The van der Waals surface area contributed by atoms with E-state index in [1.54, 1.807) is 0 Å². The molecule has 2 aromatic rings. The molecule has 1 amide bonds. The third-order valence-electron chi connectivity index (χ3n) is 3.21. The van der Waals surface area contributed by atoms with Crippen LogP contribution >= 0.6 is 15.9 Å². The first-order chi connectivity index (χ1) is 9.70. The van der Waals surface area contributed by atoms with Crippen molar-refractivity contribution in [1.82, 2.24) is 0 Å². The van der Waals surface area contributed by atoms with Crippen LogP contribution in [0, 0.1) is 0 Å². The lowest BCUT2D eigenvalue weighted by atomic mass is 9.93. The van der Waals surface area contributed by atoms with Gasteiger partial charge in [-0.2, -0.15) is 0 Å². The van der Waals surface area contributed by atoms with Crippen LogP contribution < -0.4 is 5.32 Å². The van der Waals surface area contributed by atoms with Gasteiger partial charge in [0.05, 0.1) is 5.92 Å². The summed E-state index contributed by atoms with van der Waals surface area (Å²) in [6.45, 7) is 2.10. The average Bonchev–Trinajstić information content (AvgIpc) is 2.48. The second-order valence-electron chi connectivity index (χ2n) is 4.75. The van der Waals surface area contributed by atoms with E-state index in [0.717, 1.165) is 28.6 Å². The lowest BCUT2D eigenvalue weighted by Gasteiger charge is -2.16. The van der Waals surface area contributed by atoms with Crippen LogP contribution in [-0.4, -0.2) is 5.91 Å². The highest BCUT2D eigenvalue weighted by molar-refractivity contribution is 9.10. The van der Waals surface area contributed by atoms with Crippen molar-refractivity contribution in [1.29, 1.82) is 0 Å². The van der Waals surface area contributed by atoms with Crippen molar-refractivity contribution in [3.63, 3.8) is 0 Å². The van der Waals surface area contributed by atoms with Gasteiger partial charge in [0.1, 0.15) is 0 Å². The van der Waals surface area contributed by atoms with Crippen molar-refractivity contribution in [2.45, 2.75) is 25.7 Å². The number of carbonyl (C=O) groups excluding carboxylic acids is 1. The number of anilines is 1. The summed E-state index contributed by atoms with van der Waals surface area (Å²) in [6.07, 6.45) is 1.83. The maximum absolute atomic E-state index is 12.5. The highest BCUT2D eigenvalue weighted by atomic mass is 79.9. The van der Waals surface area contributed by atoms with Crippen molar-refractivity contribution in [2.75, 3.05) is 5.32 Å². The zero-order chi connectivity index (χ0) is 14.4. The second-order valence-corrected chi connectivity index (χ2v) is 5.66. The fraction of sp³-hybridized carbons (Fsp3) is 0.235. The molecule has 0 radical (unpaired) electrons. The Labute approximate surface area is 128 Å². The predicted octanol–water partition coefficient (Wildman–Crippen LogP) is 4.97. The third-order valence-corrected chi connectivity index (χ3v) is 3.74. The van der Waals surface area contributed by atoms with Crippen molar-refractivity contribution < 1.29 is 4.79 Å². The van der Waals surface area contributed by atoms with Gasteiger partial charge in [-0.3, -0.25) is 4.79 Å². The lowest BCUT2D eigenvalue weighted by molar-refractivity contribution is -0.117. The van der Waals surface area contributed by atoms with Crippen LogP contribution in [0.3, 0.4) is 0 Å². The van der Waals surface area contributed by atoms with E-state index < -0.39 is 0 Å². The van der Waals surface area contributed by atoms with Gasteiger partial charge in [-0.05, 0) is 36.2 Å². The Bertz CT molecular complexity index is 551. The molecule has 0 aliphatic carbocycles. The zero-order valence-electron chi connectivity index (χ0n) is 11.5. The molecule has 2 aromatic carbocycles. The van der Waals surface area contributed by atoms with Crippen LogP contribution in [0.4, 0.5) is 5.69 Å². The van der Waals surface area contributed by atoms with Gasteiger partial charge in [-0.1, -0.05) is 59.6 Å². The van der Waals surface area contributed by atoms with E-state index in [1.165, 1.54) is 0 Å². The highest BCUT2D eigenvalue weighted by Crippen LogP contribution is 2.23. The van der Waals surface area contributed by atoms with Crippen LogP contribution in [0.15, 0.2) is 59.1 Å². The third kappa shape index (κ3) is 3.94. The number of halogens is 1. The summed E-state index contributed by atoms with van der Waals surface area (Å²) in [4.78, 5) is 12.5. The molecule has 2 nitrogen and oxygen atoms in total. The van der Waals surface area contributed by atoms with Crippen LogP contribution in [0.5, 0.6) is 0 Å². The number of hydrogen-bond donors (Lipinski definition) is 1. The fourth-order valence-electron chi connectivity index (χ4n) is 2.19. The Morgan fingerprint density at radius 2 is 1.75 bits per heavy atom. The molecule has 0 saturated carbocycles. The normalized spacial score (nSPS) is 11.9. The van der Waals surface area contributed by atoms with Gasteiger partial charge in [-0.25, -0.2) is 0 Å². The molecule has 1 atom stereocenters. The topological polar surface area (TPSA) is 29.1 Å². The molecule has 2 rings (SSSR count). The second kappa shape index (κ2) is 7.25. The van der Waals surface area contributed by atoms with Crippen LogP contribution in [0.1, 0.15) is 31.2 Å². The first kappa shape index (κ1) is 14.8. The number of rotatable bonds is 5. The van der Waals surface area contributed by atoms with E-state index >= 15 is 0 Å². The van der Waals surface area contributed by atoms with Crippen molar-refractivity contribution in [2.24, 2.45) is 0 Å². The van der Waals surface area contributed by atoms with Gasteiger partial charge < -0.3 is 5.32 Å². The van der Waals surface area contributed by atoms with Crippen LogP contribution in [0.25, 0.3) is 0 Å². The lowest BCUT2D eigenvalue weighted by Crippen LogP contribution is -2.21. The highest BCUT2D eigenvalue weighted by Gasteiger charge is 2.19. The minimum absolute atomic E-state index is 0.0559. The minimum Gasteiger partial charge on any atom is -0.326 e. The Morgan fingerprint density at radius 1 is 1.10 bits per heavy atom. The summed E-state index contributed by atoms with van der Waals surface area (Å²) in [7, 11) is 0. The Hall–Kier alpha value is -1.61. The first-order valence-corrected chi connectivity index (χ1v) is 7.61. The fourth-order valence-corrected chi connectivity index (χ4v) is 2.45. The van der Waals surface area contributed by atoms with Crippen LogP contribution in [0.2, 0.25) is 0 Å². The largest absolute Gasteiger partial charge is 0.326 e. The Morgan fingerprint density at radius 3 is 2.35 bits per heavy atom. The molecule has 0 unspecified atom stereocenters. The molecular weight excluding hydrogens is 314 g/mol. The summed E-state index contributed by atoms with van der Waals surface area (Å²) < 4.78 is 1.00. The summed E-state index contributed by atoms with van der Waals surface area (Å²) in [5.74, 6) is -0.0368. The van der Waals surface area contributed by atoms with Gasteiger partial charge >= 0.3 is 0 Å². The number of benzene rings is 2. The van der Waals surface area contributed by atoms with Gasteiger partial charge in [0.2, 0.25) is 5.91 Å². The van der Waals surface area contributed by atoms with Crippen molar-refractivity contribution >= 4 is 27.5 Å². The molecule has 0 aliphatic heterocycles. The van der Waals surface area contributed by atoms with Gasteiger partial charge in [0.25, 0.3) is 0 Å². The molecule has 0 heterocycles. The summed E-state index contributed by atoms with van der Waals surface area (Å²) in [5.41, 5.74) is 1.90. The molecular formula is C17H18BrNO. The van der Waals surface area contributed by atoms with Crippen molar-refractivity contribution in [3.8, 4) is 0 Å². The summed E-state index contributed by atoms with van der Waals surface area (Å²) in [6, 6.07) is 17.6. The molecule has 20 heavy (non-hydrogen) atoms. The number of nitrogens with one attached hydrogen (secondary N) is 1. The van der Waals surface area contributed by atoms with E-state index in [4.69, 9.17) is 0 Å². The molecule has 0 spiro atoms. The monoisotopic (exact) mass is 331 g/mol. The maximum atomic E-state index is 12.5. The zero-order valence-corrected chi connectivity index (χ0v) is 13.1. The van der Waals surface area contributed by atoms with E-state index in [1.807, 2.05) is 54.6 Å². The summed E-state index contributed by atoms with van der Waals surface area (Å²) in [5, 5.41) is 2.99. The number of carbonyl (C=O) groups is 1. The summed E-state index contributed by atoms with van der Waals surface area (Å²) >= 11 is 3.39. The SMILES string of the molecule is CCC[C@@H](C(=O)Nc1ccc(Br)cc1)c1ccccc1. The maximum Gasteiger partial charge on any atom is 0.231 e. The molecule has 0 bridgehead atoms. The molecule has 0 aromatic heterocycles. The quantitative estimate of drug-likeness (QED) is 0.823. The molecule has 1 N–H and O–H groups in total. The number of hydrogen-bond acceptors (Lipinski definition) is 1. The van der Waals surface area contributed by atoms with Gasteiger partial charge in [0, 0.05) is 10.2 Å². The van der Waals surface area contributed by atoms with E-state index in [0.29, 0.717) is 0 Å². The van der Waals surface area contributed by atoms with Gasteiger partial charge in [0.15, 0.2) is 0 Å². The van der Waals surface area contributed by atoms with E-state index in [-0.39, 0.29) is 11.8 Å². The molecule has 104 valence electrons. The predicted molar refractivity (Wildman–Crippen MR) is 86.9 cm³/mol. The first-order valence-electron chi connectivity index (χ1n) is 6.82. The number of amides is 1. The van der Waals surface area contributed by atoms with E-state index in [2.05, 4.69) is 28.2 Å². The molecule has 3 heteroatoms. The van der Waals surface area contributed by atoms with Crippen molar-refractivity contribution in [3.05, 3.63) is 64.6 Å². The molecule has 0 aliphatic rings. The molecule has 0 fully saturated rings. The minimum atomic E-state index is -0.0927. The standard InChI is InChI=1S/C17H18BrNO/c1-2-6-16(13-7-4-3-5-8-13)17(20)19-15-11-9-14(18)10-12-15/h3-5,7-12,16H,2,6H2,1H3,(H,19,20)/t16-/m1/s1. The Balaban J connectivity index is 2.13. The van der Waals surface area contributed by atoms with Gasteiger partial charge in [-0.15, -0.1) is 0 Å². The molecule has 0 saturated heterocycles. The van der Waals surface area contributed by atoms with E-state index in [9.17, 15) is 4.79 Å². The average molecular weight is 332 g/mol. The van der Waals surface area contributed by atoms with Crippen LogP contribution in [-0.2, 0) is 4.79 Å².